The molecule has 0 aromatic carbocycles. The first-order valence-electron chi connectivity index (χ1n) is 4.21. The summed E-state index contributed by atoms with van der Waals surface area (Å²) >= 11 is 0. The molecule has 0 aromatic rings. The maximum Gasteiger partial charge on any atom is 0.261 e. The lowest BCUT2D eigenvalue weighted by Gasteiger charge is -2.30. The van der Waals surface area contributed by atoms with E-state index >= 15 is 0 Å². The molecule has 15 heavy (non-hydrogen) atoms. The van der Waals surface area contributed by atoms with Crippen molar-refractivity contribution in [2.75, 3.05) is 6.26 Å². The minimum atomic E-state index is -3.67. The summed E-state index contributed by atoms with van der Waals surface area (Å²) in [6.07, 6.45) is -1.78. The summed E-state index contributed by atoms with van der Waals surface area (Å²) < 4.78 is 25.9. The fourth-order valence-electron chi connectivity index (χ4n) is 0.937. The zero-order valence-corrected chi connectivity index (χ0v) is 10.0. The smallest absolute Gasteiger partial charge is 0.261 e. The number of hydrogen-bond donors (Lipinski definition) is 4. The van der Waals surface area contributed by atoms with E-state index in [0.717, 1.165) is 0 Å². The minimum Gasteiger partial charge on any atom is -0.379 e. The first-order valence-corrected chi connectivity index (χ1v) is 6.05. The average Bonchev–Trinajstić information content (AvgIpc) is 1.77. The topological polar surface area (TPSA) is 118 Å². The number of rotatable bonds is 3. The highest BCUT2D eigenvalue weighted by Gasteiger charge is 2.20. The predicted molar refractivity (Wildman–Crippen MR) is 54.4 cm³/mol. The number of hydrogen-bond acceptors (Lipinski definition) is 6. The molecule has 0 bridgehead atoms. The van der Waals surface area contributed by atoms with Gasteiger partial charge in [-0.15, -0.1) is 0 Å². The third-order valence-corrected chi connectivity index (χ3v) is 1.29. The van der Waals surface area contributed by atoms with E-state index in [9.17, 15) is 8.42 Å². The Kier molecular flexibility index (Phi) is 8.11. The van der Waals surface area contributed by atoms with Crippen molar-refractivity contribution in [1.82, 2.24) is 4.90 Å². The van der Waals surface area contributed by atoms with Gasteiger partial charge in [-0.3, -0.25) is 4.55 Å². The average molecular weight is 245 g/mol. The van der Waals surface area contributed by atoms with Gasteiger partial charge in [0, 0.05) is 0 Å². The summed E-state index contributed by atoms with van der Waals surface area (Å²) in [6, 6.07) is 0. The summed E-state index contributed by atoms with van der Waals surface area (Å²) in [6.45, 7) is 4.46. The van der Waals surface area contributed by atoms with Crippen molar-refractivity contribution in [2.24, 2.45) is 0 Å². The fraction of sp³-hybridized carbons (Fsp3) is 1.00. The van der Waals surface area contributed by atoms with E-state index in [1.807, 2.05) is 0 Å². The van der Waals surface area contributed by atoms with Gasteiger partial charge in [-0.25, -0.2) is 4.90 Å². The molecule has 0 aliphatic heterocycles. The molecule has 0 amide bonds. The largest absolute Gasteiger partial charge is 0.379 e. The SMILES string of the molecule is CC(O)N(C(C)O)C(C)O.CS(=O)(=O)O. The van der Waals surface area contributed by atoms with Gasteiger partial charge in [0.1, 0.15) is 18.7 Å². The molecule has 0 fully saturated rings. The van der Waals surface area contributed by atoms with Crippen molar-refractivity contribution in [3.05, 3.63) is 0 Å². The predicted octanol–water partition coefficient (Wildman–Crippen LogP) is -1.19. The van der Waals surface area contributed by atoms with Crippen LogP contribution in [0.2, 0.25) is 0 Å². The molecule has 0 aliphatic carbocycles. The molecule has 94 valence electrons. The van der Waals surface area contributed by atoms with Gasteiger partial charge in [0.15, 0.2) is 0 Å². The van der Waals surface area contributed by atoms with Crippen LogP contribution < -0.4 is 0 Å². The van der Waals surface area contributed by atoms with E-state index in [-0.39, 0.29) is 0 Å². The summed E-state index contributed by atoms with van der Waals surface area (Å²) in [5, 5.41) is 26.9. The second kappa shape index (κ2) is 7.09. The molecule has 0 saturated heterocycles. The van der Waals surface area contributed by atoms with Gasteiger partial charge in [0.25, 0.3) is 10.1 Å². The highest BCUT2D eigenvalue weighted by Crippen LogP contribution is 2.04. The van der Waals surface area contributed by atoms with Crippen LogP contribution in [0.1, 0.15) is 20.8 Å². The highest BCUT2D eigenvalue weighted by atomic mass is 32.2. The van der Waals surface area contributed by atoms with E-state index in [0.29, 0.717) is 6.26 Å². The van der Waals surface area contributed by atoms with Crippen LogP contribution in [0.5, 0.6) is 0 Å². The van der Waals surface area contributed by atoms with Crippen molar-refractivity contribution >= 4 is 10.1 Å². The van der Waals surface area contributed by atoms with Crippen molar-refractivity contribution in [3.63, 3.8) is 0 Å². The van der Waals surface area contributed by atoms with Crippen LogP contribution in [0.4, 0.5) is 0 Å². The molecular formula is C7H19NO6S. The zero-order valence-electron chi connectivity index (χ0n) is 9.19. The van der Waals surface area contributed by atoms with E-state index in [2.05, 4.69) is 0 Å². The molecule has 0 radical (unpaired) electrons. The first-order chi connectivity index (χ1) is 6.46. The standard InChI is InChI=1S/C6H15NO3.CH4O3S/c1-4(8)7(5(2)9)6(3)10;1-5(2,3)4/h4-6,8-10H,1-3H3;1H3,(H,2,3,4). The second-order valence-corrected chi connectivity index (χ2v) is 4.54. The Labute approximate surface area is 89.7 Å². The van der Waals surface area contributed by atoms with Crippen molar-refractivity contribution < 1.29 is 28.3 Å². The number of aliphatic hydroxyl groups is 3. The third-order valence-electron chi connectivity index (χ3n) is 1.29. The molecule has 3 atom stereocenters. The van der Waals surface area contributed by atoms with E-state index in [4.69, 9.17) is 19.9 Å². The Hall–Kier alpha value is -0.250. The summed E-state index contributed by atoms with van der Waals surface area (Å²) in [4.78, 5) is 1.17. The zero-order chi connectivity index (χ0) is 12.8. The molecule has 0 aromatic heterocycles. The van der Waals surface area contributed by atoms with Gasteiger partial charge in [-0.1, -0.05) is 0 Å². The molecule has 0 saturated carbocycles. The third kappa shape index (κ3) is 13.8. The quantitative estimate of drug-likeness (QED) is 0.364. The Morgan fingerprint density at radius 3 is 1.07 bits per heavy atom. The van der Waals surface area contributed by atoms with Crippen LogP contribution in [0.25, 0.3) is 0 Å². The maximum absolute atomic E-state index is 9.19. The maximum atomic E-state index is 9.19. The van der Waals surface area contributed by atoms with E-state index in [1.165, 1.54) is 25.7 Å². The van der Waals surface area contributed by atoms with Gasteiger partial charge in [0.2, 0.25) is 0 Å². The molecule has 0 rings (SSSR count). The molecule has 3 unspecified atom stereocenters. The molecule has 7 nitrogen and oxygen atoms in total. The molecular weight excluding hydrogens is 226 g/mol. The van der Waals surface area contributed by atoms with Crippen molar-refractivity contribution in [1.29, 1.82) is 0 Å². The summed E-state index contributed by atoms with van der Waals surface area (Å²) in [5.74, 6) is 0. The summed E-state index contributed by atoms with van der Waals surface area (Å²) in [7, 11) is -3.67. The molecule has 4 N–H and O–H groups in total. The van der Waals surface area contributed by atoms with Crippen LogP contribution in [0.3, 0.4) is 0 Å². The van der Waals surface area contributed by atoms with Crippen LogP contribution >= 0.6 is 0 Å². The van der Waals surface area contributed by atoms with Crippen LogP contribution in [0.15, 0.2) is 0 Å². The van der Waals surface area contributed by atoms with Gasteiger partial charge >= 0.3 is 0 Å². The lowest BCUT2D eigenvalue weighted by molar-refractivity contribution is -0.159. The second-order valence-electron chi connectivity index (χ2n) is 3.08. The van der Waals surface area contributed by atoms with Crippen molar-refractivity contribution in [3.8, 4) is 0 Å². The summed E-state index contributed by atoms with van der Waals surface area (Å²) in [5.41, 5.74) is 0. The number of aliphatic hydroxyl groups excluding tert-OH is 3. The normalized spacial score (nSPS) is 17.7. The Morgan fingerprint density at radius 1 is 0.933 bits per heavy atom. The Morgan fingerprint density at radius 2 is 1.07 bits per heavy atom. The Bertz CT molecular complexity index is 221. The Balaban J connectivity index is 0. The monoisotopic (exact) mass is 245 g/mol. The van der Waals surface area contributed by atoms with Crippen LogP contribution in [0, 0.1) is 0 Å². The van der Waals surface area contributed by atoms with Gasteiger partial charge in [0.05, 0.1) is 6.26 Å². The molecule has 8 heteroatoms. The minimum absolute atomic E-state index is 0.715. The van der Waals surface area contributed by atoms with E-state index < -0.39 is 28.8 Å². The van der Waals surface area contributed by atoms with Gasteiger partial charge < -0.3 is 15.3 Å². The van der Waals surface area contributed by atoms with Gasteiger partial charge in [-0.05, 0) is 20.8 Å². The lowest BCUT2D eigenvalue weighted by atomic mass is 10.4. The van der Waals surface area contributed by atoms with Crippen LogP contribution in [-0.2, 0) is 10.1 Å². The first kappa shape index (κ1) is 17.2. The molecule has 0 aliphatic rings. The van der Waals surface area contributed by atoms with Crippen LogP contribution in [-0.4, -0.2) is 58.1 Å². The fourth-order valence-corrected chi connectivity index (χ4v) is 0.937. The molecule has 0 heterocycles. The highest BCUT2D eigenvalue weighted by molar-refractivity contribution is 7.85. The van der Waals surface area contributed by atoms with Gasteiger partial charge in [-0.2, -0.15) is 8.42 Å². The van der Waals surface area contributed by atoms with Crippen molar-refractivity contribution in [2.45, 2.75) is 39.5 Å². The number of nitrogens with zero attached hydrogens (tertiary/aromatic N) is 1. The lowest BCUT2D eigenvalue weighted by Crippen LogP contribution is -2.45. The van der Waals surface area contributed by atoms with E-state index in [1.54, 1.807) is 0 Å². The molecule has 0 spiro atoms.